The van der Waals surface area contributed by atoms with Crippen molar-refractivity contribution >= 4 is 27.6 Å². The van der Waals surface area contributed by atoms with Crippen molar-refractivity contribution in [1.82, 2.24) is 14.1 Å². The second-order valence-electron chi connectivity index (χ2n) is 8.04. The molecule has 0 aliphatic carbocycles. The molecular weight excluding hydrogens is 460 g/mol. The van der Waals surface area contributed by atoms with Gasteiger partial charge in [0, 0.05) is 31.2 Å². The van der Waals surface area contributed by atoms with Crippen molar-refractivity contribution in [2.75, 3.05) is 25.0 Å². The van der Waals surface area contributed by atoms with E-state index in [0.29, 0.717) is 36.6 Å². The molecule has 0 radical (unpaired) electrons. The summed E-state index contributed by atoms with van der Waals surface area (Å²) in [5.41, 5.74) is 1.03. The van der Waals surface area contributed by atoms with Crippen LogP contribution in [0, 0.1) is 6.92 Å². The summed E-state index contributed by atoms with van der Waals surface area (Å²) in [4.78, 5) is 24.7. The Kier molecular flexibility index (Phi) is 7.13. The summed E-state index contributed by atoms with van der Waals surface area (Å²) in [7, 11) is -3.64. The van der Waals surface area contributed by atoms with Crippen LogP contribution < -0.4 is 5.32 Å². The van der Waals surface area contributed by atoms with Crippen LogP contribution in [0.1, 0.15) is 41.1 Å². The molecule has 1 aromatic carbocycles. The molecule has 1 amide bonds. The summed E-state index contributed by atoms with van der Waals surface area (Å²) >= 11 is 0. The lowest BCUT2D eigenvalue weighted by atomic mass is 10.2. The molecule has 0 saturated carbocycles. The molecule has 0 unspecified atom stereocenters. The van der Waals surface area contributed by atoms with Gasteiger partial charge in [0.15, 0.2) is 6.61 Å². The number of benzene rings is 1. The molecular formula is C23H26N4O6S. The second-order valence-corrected chi connectivity index (χ2v) is 9.97. The topological polar surface area (TPSA) is 124 Å². The zero-order valence-corrected chi connectivity index (χ0v) is 19.6. The predicted octanol–water partition coefficient (Wildman–Crippen LogP) is 2.80. The van der Waals surface area contributed by atoms with Crippen LogP contribution >= 0.6 is 0 Å². The van der Waals surface area contributed by atoms with Gasteiger partial charge in [-0.1, -0.05) is 12.5 Å². The maximum Gasteiger partial charge on any atom is 0.374 e. The number of furan rings is 1. The molecule has 4 rings (SSSR count). The Morgan fingerprint density at radius 3 is 2.68 bits per heavy atom. The van der Waals surface area contributed by atoms with E-state index >= 15 is 0 Å². The maximum absolute atomic E-state index is 12.9. The quantitative estimate of drug-likeness (QED) is 0.486. The number of aryl methyl sites for hydroxylation is 1. The average molecular weight is 487 g/mol. The zero-order valence-electron chi connectivity index (χ0n) is 18.8. The molecule has 180 valence electrons. The Morgan fingerprint density at radius 2 is 1.94 bits per heavy atom. The van der Waals surface area contributed by atoms with Crippen LogP contribution in [-0.2, 0) is 26.1 Å². The molecule has 0 atom stereocenters. The number of anilines is 1. The second kappa shape index (κ2) is 10.2. The number of aromatic nitrogens is 2. The van der Waals surface area contributed by atoms with Crippen molar-refractivity contribution in [2.45, 2.75) is 37.6 Å². The van der Waals surface area contributed by atoms with Gasteiger partial charge in [-0.05, 0) is 55.7 Å². The van der Waals surface area contributed by atoms with Gasteiger partial charge in [0.05, 0.1) is 11.4 Å². The summed E-state index contributed by atoms with van der Waals surface area (Å²) < 4.78 is 39.5. The van der Waals surface area contributed by atoms with Gasteiger partial charge in [-0.25, -0.2) is 13.2 Å². The molecule has 1 aliphatic heterocycles. The largest absolute Gasteiger partial charge is 0.452 e. The smallest absolute Gasteiger partial charge is 0.374 e. The van der Waals surface area contributed by atoms with E-state index in [2.05, 4.69) is 10.4 Å². The number of nitrogens with zero attached hydrogens (tertiary/aromatic N) is 3. The van der Waals surface area contributed by atoms with Crippen molar-refractivity contribution in [3.8, 4) is 0 Å². The van der Waals surface area contributed by atoms with Gasteiger partial charge in [0.1, 0.15) is 5.76 Å². The minimum Gasteiger partial charge on any atom is -0.452 e. The molecule has 2 aromatic heterocycles. The highest BCUT2D eigenvalue weighted by Gasteiger charge is 2.26. The summed E-state index contributed by atoms with van der Waals surface area (Å²) in [6.45, 7) is 2.55. The average Bonchev–Trinajstić information content (AvgIpc) is 3.52. The molecule has 0 bridgehead atoms. The van der Waals surface area contributed by atoms with Gasteiger partial charge in [0.2, 0.25) is 15.8 Å². The first-order valence-corrected chi connectivity index (χ1v) is 12.4. The van der Waals surface area contributed by atoms with Crippen LogP contribution in [0.2, 0.25) is 0 Å². The molecule has 3 heterocycles. The fourth-order valence-electron chi connectivity index (χ4n) is 3.67. The Hall–Kier alpha value is -3.44. The highest BCUT2D eigenvalue weighted by molar-refractivity contribution is 7.89. The number of nitrogens with one attached hydrogen (secondary N) is 1. The van der Waals surface area contributed by atoms with Crippen LogP contribution in [0.4, 0.5) is 5.69 Å². The Bertz CT molecular complexity index is 1260. The molecule has 1 N–H and O–H groups in total. The van der Waals surface area contributed by atoms with E-state index in [-0.39, 0.29) is 10.7 Å². The number of esters is 1. The SMILES string of the molecule is Cc1ccc(S(=O)(=O)N2CCCCC2)cc1NC(=O)COC(=O)c1ccc(Cn2cccn2)o1. The molecule has 10 nitrogen and oxygen atoms in total. The predicted molar refractivity (Wildman–Crippen MR) is 123 cm³/mol. The number of hydrogen-bond acceptors (Lipinski definition) is 7. The van der Waals surface area contributed by atoms with Gasteiger partial charge in [-0.3, -0.25) is 9.48 Å². The van der Waals surface area contributed by atoms with Crippen molar-refractivity contribution in [3.63, 3.8) is 0 Å². The third-order valence-electron chi connectivity index (χ3n) is 5.51. The molecule has 1 saturated heterocycles. The number of hydrogen-bond donors (Lipinski definition) is 1. The van der Waals surface area contributed by atoms with E-state index in [4.69, 9.17) is 9.15 Å². The highest BCUT2D eigenvalue weighted by Crippen LogP contribution is 2.25. The van der Waals surface area contributed by atoms with E-state index in [1.165, 1.54) is 22.5 Å². The van der Waals surface area contributed by atoms with Crippen LogP contribution in [-0.4, -0.2) is 54.1 Å². The van der Waals surface area contributed by atoms with Gasteiger partial charge in [-0.15, -0.1) is 0 Å². The summed E-state index contributed by atoms with van der Waals surface area (Å²) in [5, 5.41) is 6.69. The first kappa shape index (κ1) is 23.7. The molecule has 3 aromatic rings. The Labute approximate surface area is 197 Å². The molecule has 11 heteroatoms. The number of amides is 1. The fraction of sp³-hybridized carbons (Fsp3) is 0.348. The number of ether oxygens (including phenoxy) is 1. The normalized spacial score (nSPS) is 14.6. The first-order valence-electron chi connectivity index (χ1n) is 11.0. The third kappa shape index (κ3) is 5.54. The lowest BCUT2D eigenvalue weighted by molar-refractivity contribution is -0.119. The van der Waals surface area contributed by atoms with E-state index in [1.807, 2.05) is 0 Å². The van der Waals surface area contributed by atoms with Crippen LogP contribution in [0.5, 0.6) is 0 Å². The Morgan fingerprint density at radius 1 is 1.15 bits per heavy atom. The number of rotatable bonds is 8. The lowest BCUT2D eigenvalue weighted by Crippen LogP contribution is -2.35. The minimum absolute atomic E-state index is 0.0271. The van der Waals surface area contributed by atoms with Crippen molar-refractivity contribution in [2.24, 2.45) is 0 Å². The summed E-state index contributed by atoms with van der Waals surface area (Å²) in [5.74, 6) is -0.879. The van der Waals surface area contributed by atoms with Crippen LogP contribution in [0.25, 0.3) is 0 Å². The molecule has 1 aliphatic rings. The fourth-order valence-corrected chi connectivity index (χ4v) is 5.21. The molecule has 1 fully saturated rings. The number of carbonyl (C=O) groups is 2. The van der Waals surface area contributed by atoms with Gasteiger partial charge >= 0.3 is 5.97 Å². The summed E-state index contributed by atoms with van der Waals surface area (Å²) in [6.07, 6.45) is 6.08. The Balaban J connectivity index is 1.35. The van der Waals surface area contributed by atoms with Crippen molar-refractivity contribution in [3.05, 3.63) is 65.9 Å². The highest BCUT2D eigenvalue weighted by atomic mass is 32.2. The summed E-state index contributed by atoms with van der Waals surface area (Å²) in [6, 6.07) is 9.49. The van der Waals surface area contributed by atoms with Crippen LogP contribution in [0.3, 0.4) is 0 Å². The van der Waals surface area contributed by atoms with E-state index in [0.717, 1.165) is 19.3 Å². The van der Waals surface area contributed by atoms with Crippen molar-refractivity contribution in [1.29, 1.82) is 0 Å². The number of carbonyl (C=O) groups excluding carboxylic acids is 2. The van der Waals surface area contributed by atoms with Crippen LogP contribution in [0.15, 0.2) is 58.1 Å². The van der Waals surface area contributed by atoms with Gasteiger partial charge in [-0.2, -0.15) is 9.40 Å². The van der Waals surface area contributed by atoms with E-state index in [1.54, 1.807) is 42.2 Å². The molecule has 34 heavy (non-hydrogen) atoms. The number of piperidine rings is 1. The van der Waals surface area contributed by atoms with E-state index < -0.39 is 28.5 Å². The van der Waals surface area contributed by atoms with Crippen molar-refractivity contribution < 1.29 is 27.2 Å². The van der Waals surface area contributed by atoms with Gasteiger partial charge in [0.25, 0.3) is 5.91 Å². The number of sulfonamides is 1. The maximum atomic E-state index is 12.9. The lowest BCUT2D eigenvalue weighted by Gasteiger charge is -2.26. The first-order chi connectivity index (χ1) is 16.3. The monoisotopic (exact) mass is 486 g/mol. The van der Waals surface area contributed by atoms with E-state index in [9.17, 15) is 18.0 Å². The molecule has 0 spiro atoms. The third-order valence-corrected chi connectivity index (χ3v) is 7.40. The minimum atomic E-state index is -3.64. The zero-order chi connectivity index (χ0) is 24.1. The standard InChI is InChI=1S/C23H26N4O6S/c1-17-6-8-19(34(30,31)27-12-3-2-4-13-27)14-20(17)25-22(28)16-32-23(29)21-9-7-18(33-21)15-26-11-5-10-24-26/h5-11,14H,2-4,12-13,15-16H2,1H3,(H,25,28). The van der Waals surface area contributed by atoms with Gasteiger partial charge < -0.3 is 14.5 Å².